The molecule has 0 aliphatic carbocycles. The molecular formula is C13H11ClN2O4S. The molecule has 0 saturated heterocycles. The Balaban J connectivity index is 2.63. The molecule has 0 saturated carbocycles. The highest BCUT2D eigenvalue weighted by Crippen LogP contribution is 2.32. The Hall–Kier alpha value is -2.12. The van der Waals surface area contributed by atoms with Gasteiger partial charge in [-0.2, -0.15) is 0 Å². The SMILES string of the molecule is CNc1ccc(S(=O)(=O)c2ccccc2[N+](=O)[O-])cc1Cl. The highest BCUT2D eigenvalue weighted by molar-refractivity contribution is 7.91. The van der Waals surface area contributed by atoms with Crippen molar-refractivity contribution in [2.75, 3.05) is 12.4 Å². The van der Waals surface area contributed by atoms with Gasteiger partial charge in [0.15, 0.2) is 0 Å². The molecule has 0 heterocycles. The molecule has 0 aliphatic rings. The van der Waals surface area contributed by atoms with Crippen LogP contribution in [0, 0.1) is 10.1 Å². The number of sulfone groups is 1. The molecule has 0 fully saturated rings. The predicted molar refractivity (Wildman–Crippen MR) is 79.5 cm³/mol. The third kappa shape index (κ3) is 2.84. The lowest BCUT2D eigenvalue weighted by Gasteiger charge is -2.08. The van der Waals surface area contributed by atoms with E-state index in [1.165, 1.54) is 36.4 Å². The van der Waals surface area contributed by atoms with Crippen LogP contribution in [0.4, 0.5) is 11.4 Å². The average Bonchev–Trinajstić information content (AvgIpc) is 2.47. The molecule has 110 valence electrons. The molecule has 0 unspecified atom stereocenters. The minimum absolute atomic E-state index is 0.0965. The molecule has 0 aliphatic heterocycles. The first-order valence-corrected chi connectivity index (χ1v) is 7.70. The smallest absolute Gasteiger partial charge is 0.288 e. The number of anilines is 1. The van der Waals surface area contributed by atoms with Crippen molar-refractivity contribution in [3.8, 4) is 0 Å². The summed E-state index contributed by atoms with van der Waals surface area (Å²) in [5.74, 6) is 0. The van der Waals surface area contributed by atoms with Crippen LogP contribution >= 0.6 is 11.6 Å². The monoisotopic (exact) mass is 326 g/mol. The van der Waals surface area contributed by atoms with Crippen LogP contribution < -0.4 is 5.32 Å². The molecule has 2 aromatic carbocycles. The second-order valence-corrected chi connectivity index (χ2v) is 6.45. The van der Waals surface area contributed by atoms with E-state index in [-0.39, 0.29) is 14.8 Å². The molecule has 0 radical (unpaired) electrons. The van der Waals surface area contributed by atoms with Gasteiger partial charge < -0.3 is 5.32 Å². The van der Waals surface area contributed by atoms with Gasteiger partial charge in [0.2, 0.25) is 9.84 Å². The molecule has 2 rings (SSSR count). The Kier molecular flexibility index (Phi) is 4.15. The van der Waals surface area contributed by atoms with E-state index < -0.39 is 20.4 Å². The molecule has 2 aromatic rings. The van der Waals surface area contributed by atoms with Crippen LogP contribution in [0.1, 0.15) is 0 Å². The topological polar surface area (TPSA) is 89.3 Å². The maximum atomic E-state index is 12.5. The van der Waals surface area contributed by atoms with Crippen LogP contribution in [-0.4, -0.2) is 20.4 Å². The van der Waals surface area contributed by atoms with E-state index in [2.05, 4.69) is 5.32 Å². The predicted octanol–water partition coefficient (Wildman–Crippen LogP) is 3.12. The van der Waals surface area contributed by atoms with E-state index in [1.54, 1.807) is 7.05 Å². The van der Waals surface area contributed by atoms with E-state index in [0.717, 1.165) is 6.07 Å². The van der Waals surface area contributed by atoms with Crippen molar-refractivity contribution >= 4 is 32.8 Å². The largest absolute Gasteiger partial charge is 0.387 e. The van der Waals surface area contributed by atoms with Crippen LogP contribution in [0.25, 0.3) is 0 Å². The second kappa shape index (κ2) is 5.71. The van der Waals surface area contributed by atoms with E-state index in [9.17, 15) is 18.5 Å². The van der Waals surface area contributed by atoms with Crippen LogP contribution in [0.15, 0.2) is 52.3 Å². The molecular weight excluding hydrogens is 316 g/mol. The molecule has 21 heavy (non-hydrogen) atoms. The lowest BCUT2D eigenvalue weighted by atomic mass is 10.3. The summed E-state index contributed by atoms with van der Waals surface area (Å²) in [5.41, 5.74) is 0.101. The first-order valence-electron chi connectivity index (χ1n) is 5.83. The van der Waals surface area contributed by atoms with Gasteiger partial charge in [0, 0.05) is 13.1 Å². The van der Waals surface area contributed by atoms with Gasteiger partial charge >= 0.3 is 0 Å². The van der Waals surface area contributed by atoms with Gasteiger partial charge in [0.05, 0.1) is 20.5 Å². The number of nitrogens with zero attached hydrogens (tertiary/aromatic N) is 1. The van der Waals surface area contributed by atoms with Gasteiger partial charge in [-0.15, -0.1) is 0 Å². The molecule has 0 atom stereocenters. The zero-order valence-electron chi connectivity index (χ0n) is 10.9. The summed E-state index contributed by atoms with van der Waals surface area (Å²) in [7, 11) is -2.37. The summed E-state index contributed by atoms with van der Waals surface area (Å²) in [6, 6.07) is 9.31. The van der Waals surface area contributed by atoms with E-state index >= 15 is 0 Å². The van der Waals surface area contributed by atoms with E-state index in [1.807, 2.05) is 0 Å². The Morgan fingerprint density at radius 3 is 2.43 bits per heavy atom. The fourth-order valence-electron chi connectivity index (χ4n) is 1.83. The van der Waals surface area contributed by atoms with Crippen LogP contribution in [0.5, 0.6) is 0 Å². The Morgan fingerprint density at radius 1 is 1.19 bits per heavy atom. The number of hydrogen-bond donors (Lipinski definition) is 1. The first kappa shape index (κ1) is 15.3. The average molecular weight is 327 g/mol. The van der Waals surface area contributed by atoms with Crippen molar-refractivity contribution in [3.63, 3.8) is 0 Å². The summed E-state index contributed by atoms with van der Waals surface area (Å²) in [6.07, 6.45) is 0. The summed E-state index contributed by atoms with van der Waals surface area (Å²) < 4.78 is 25.1. The maximum Gasteiger partial charge on any atom is 0.288 e. The van der Waals surface area contributed by atoms with E-state index in [0.29, 0.717) is 5.69 Å². The second-order valence-electron chi connectivity index (χ2n) is 4.12. The van der Waals surface area contributed by atoms with Gasteiger partial charge in [0.1, 0.15) is 4.90 Å². The fraction of sp³-hybridized carbons (Fsp3) is 0.0769. The Labute approximate surface area is 126 Å². The summed E-state index contributed by atoms with van der Waals surface area (Å²) in [6.45, 7) is 0. The van der Waals surface area contributed by atoms with Gasteiger partial charge in [-0.3, -0.25) is 10.1 Å². The van der Waals surface area contributed by atoms with Crippen molar-refractivity contribution in [2.24, 2.45) is 0 Å². The van der Waals surface area contributed by atoms with Crippen molar-refractivity contribution in [2.45, 2.75) is 9.79 Å². The lowest BCUT2D eigenvalue weighted by molar-refractivity contribution is -0.387. The number of nitro groups is 1. The van der Waals surface area contributed by atoms with Crippen LogP contribution in [0.2, 0.25) is 5.02 Å². The summed E-state index contributed by atoms with van der Waals surface area (Å²) >= 11 is 5.96. The highest BCUT2D eigenvalue weighted by Gasteiger charge is 2.27. The van der Waals surface area contributed by atoms with Crippen molar-refractivity contribution < 1.29 is 13.3 Å². The molecule has 1 N–H and O–H groups in total. The van der Waals surface area contributed by atoms with Gasteiger partial charge in [0.25, 0.3) is 5.69 Å². The molecule has 0 spiro atoms. The zero-order chi connectivity index (χ0) is 15.6. The van der Waals surface area contributed by atoms with Crippen LogP contribution in [0.3, 0.4) is 0 Å². The molecule has 0 bridgehead atoms. The number of halogens is 1. The van der Waals surface area contributed by atoms with Crippen molar-refractivity contribution in [3.05, 3.63) is 57.6 Å². The van der Waals surface area contributed by atoms with E-state index in [4.69, 9.17) is 11.6 Å². The first-order chi connectivity index (χ1) is 9.87. The molecule has 8 heteroatoms. The number of benzene rings is 2. The number of nitrogens with one attached hydrogen (secondary N) is 1. The minimum Gasteiger partial charge on any atom is -0.387 e. The third-order valence-electron chi connectivity index (χ3n) is 2.87. The normalized spacial score (nSPS) is 11.1. The Morgan fingerprint density at radius 2 is 1.86 bits per heavy atom. The number of nitro benzene ring substituents is 1. The van der Waals surface area contributed by atoms with Gasteiger partial charge in [-0.25, -0.2) is 8.42 Å². The van der Waals surface area contributed by atoms with Crippen molar-refractivity contribution in [1.29, 1.82) is 0 Å². The van der Waals surface area contributed by atoms with Crippen LogP contribution in [-0.2, 0) is 9.84 Å². The minimum atomic E-state index is -4.02. The third-order valence-corrected chi connectivity index (χ3v) is 4.98. The zero-order valence-corrected chi connectivity index (χ0v) is 12.5. The lowest BCUT2D eigenvalue weighted by Crippen LogP contribution is -2.06. The summed E-state index contributed by atoms with van der Waals surface area (Å²) in [5, 5.41) is 14.0. The number of para-hydroxylation sites is 1. The molecule has 0 amide bonds. The van der Waals surface area contributed by atoms with Gasteiger partial charge in [-0.1, -0.05) is 23.7 Å². The van der Waals surface area contributed by atoms with Gasteiger partial charge in [-0.05, 0) is 24.3 Å². The maximum absolute atomic E-state index is 12.5. The Bertz CT molecular complexity index is 806. The summed E-state index contributed by atoms with van der Waals surface area (Å²) in [4.78, 5) is 9.79. The fourth-order valence-corrected chi connectivity index (χ4v) is 3.62. The molecule has 6 nitrogen and oxygen atoms in total. The van der Waals surface area contributed by atoms with Crippen molar-refractivity contribution in [1.82, 2.24) is 0 Å². The number of hydrogen-bond acceptors (Lipinski definition) is 5. The quantitative estimate of drug-likeness (QED) is 0.688. The molecule has 0 aromatic heterocycles. The number of rotatable bonds is 4. The standard InChI is InChI=1S/C13H11ClN2O4S/c1-15-11-7-6-9(8-10(11)14)21(19,20)13-5-3-2-4-12(13)16(17)18/h2-8,15H,1H3. The highest BCUT2D eigenvalue weighted by atomic mass is 35.5.